The summed E-state index contributed by atoms with van der Waals surface area (Å²) in [5, 5.41) is 0.456. The number of rotatable bonds is 3. The van der Waals surface area contributed by atoms with Gasteiger partial charge in [-0.2, -0.15) is 0 Å². The van der Waals surface area contributed by atoms with Gasteiger partial charge in [0.15, 0.2) is 0 Å². The summed E-state index contributed by atoms with van der Waals surface area (Å²) in [4.78, 5) is 24.3. The predicted molar refractivity (Wildman–Crippen MR) is 88.1 cm³/mol. The standard InChI is InChI=1S/C14H10BrClN2O2S/c15-12-6-4-11(21-12)5-7-13(19)17-18-14(20)9-2-1-3-10(16)8-9/h1-8H,(H,17,19)(H,18,20)/b7-5+. The van der Waals surface area contributed by atoms with E-state index in [-0.39, 0.29) is 0 Å². The fraction of sp³-hybridized carbons (Fsp3) is 0. The minimum Gasteiger partial charge on any atom is -0.268 e. The van der Waals surface area contributed by atoms with Gasteiger partial charge in [-0.05, 0) is 52.3 Å². The third kappa shape index (κ3) is 5.00. The summed E-state index contributed by atoms with van der Waals surface area (Å²) in [5.74, 6) is -0.854. The number of carbonyl (C=O) groups is 2. The number of hydrogen-bond donors (Lipinski definition) is 2. The Morgan fingerprint density at radius 1 is 1.19 bits per heavy atom. The zero-order valence-electron chi connectivity index (χ0n) is 10.6. The van der Waals surface area contributed by atoms with Crippen LogP contribution in [0.4, 0.5) is 0 Å². The molecule has 2 N–H and O–H groups in total. The molecule has 7 heteroatoms. The van der Waals surface area contributed by atoms with Crippen LogP contribution in [0.2, 0.25) is 5.02 Å². The Balaban J connectivity index is 1.86. The molecule has 0 radical (unpaired) electrons. The summed E-state index contributed by atoms with van der Waals surface area (Å²) < 4.78 is 0.983. The third-order valence-electron chi connectivity index (χ3n) is 2.38. The second-order valence-corrected chi connectivity index (χ2v) is 6.86. The Morgan fingerprint density at radius 2 is 2.00 bits per heavy atom. The second-order valence-electron chi connectivity index (χ2n) is 3.93. The number of amides is 2. The summed E-state index contributed by atoms with van der Waals surface area (Å²) in [6.07, 6.45) is 3.01. The Labute approximate surface area is 138 Å². The van der Waals surface area contributed by atoms with Crippen molar-refractivity contribution in [2.24, 2.45) is 0 Å². The smallest absolute Gasteiger partial charge is 0.268 e. The molecule has 1 aromatic heterocycles. The van der Waals surface area contributed by atoms with Gasteiger partial charge in [0, 0.05) is 21.5 Å². The maximum absolute atomic E-state index is 11.8. The molecule has 0 atom stereocenters. The molecule has 0 bridgehead atoms. The fourth-order valence-corrected chi connectivity index (χ4v) is 2.95. The summed E-state index contributed by atoms with van der Waals surface area (Å²) in [6, 6.07) is 10.2. The van der Waals surface area contributed by atoms with E-state index in [1.807, 2.05) is 12.1 Å². The lowest BCUT2D eigenvalue weighted by atomic mass is 10.2. The molecule has 0 unspecified atom stereocenters. The first-order valence-corrected chi connectivity index (χ1v) is 7.82. The zero-order valence-corrected chi connectivity index (χ0v) is 13.8. The van der Waals surface area contributed by atoms with Gasteiger partial charge < -0.3 is 0 Å². The number of thiophene rings is 1. The monoisotopic (exact) mass is 384 g/mol. The van der Waals surface area contributed by atoms with Crippen molar-refractivity contribution in [2.45, 2.75) is 0 Å². The topological polar surface area (TPSA) is 58.2 Å². The summed E-state index contributed by atoms with van der Waals surface area (Å²) in [7, 11) is 0. The summed E-state index contributed by atoms with van der Waals surface area (Å²) >= 11 is 10.6. The van der Waals surface area contributed by atoms with Crippen LogP contribution in [0.25, 0.3) is 6.08 Å². The van der Waals surface area contributed by atoms with Gasteiger partial charge in [0.05, 0.1) is 3.79 Å². The van der Waals surface area contributed by atoms with Gasteiger partial charge in [0.2, 0.25) is 0 Å². The van der Waals surface area contributed by atoms with Gasteiger partial charge in [-0.15, -0.1) is 11.3 Å². The van der Waals surface area contributed by atoms with Crippen LogP contribution in [0, 0.1) is 0 Å². The van der Waals surface area contributed by atoms with E-state index in [2.05, 4.69) is 26.8 Å². The molecule has 2 aromatic rings. The lowest BCUT2D eigenvalue weighted by molar-refractivity contribution is -0.117. The molecule has 0 aliphatic carbocycles. The van der Waals surface area contributed by atoms with Crippen LogP contribution in [0.15, 0.2) is 46.3 Å². The Morgan fingerprint density at radius 3 is 2.67 bits per heavy atom. The van der Waals surface area contributed by atoms with Crippen LogP contribution in [0.5, 0.6) is 0 Å². The zero-order chi connectivity index (χ0) is 15.2. The van der Waals surface area contributed by atoms with E-state index in [1.54, 1.807) is 24.3 Å². The second kappa shape index (κ2) is 7.40. The van der Waals surface area contributed by atoms with E-state index in [1.165, 1.54) is 23.5 Å². The maximum Gasteiger partial charge on any atom is 0.269 e. The predicted octanol–water partition coefficient (Wildman–Crippen LogP) is 3.64. The Bertz CT molecular complexity index is 700. The van der Waals surface area contributed by atoms with E-state index < -0.39 is 11.8 Å². The number of benzene rings is 1. The van der Waals surface area contributed by atoms with Gasteiger partial charge >= 0.3 is 0 Å². The molecule has 0 saturated heterocycles. The molecule has 21 heavy (non-hydrogen) atoms. The van der Waals surface area contributed by atoms with Crippen LogP contribution in [0.1, 0.15) is 15.2 Å². The highest BCUT2D eigenvalue weighted by molar-refractivity contribution is 9.11. The van der Waals surface area contributed by atoms with Crippen LogP contribution in [-0.4, -0.2) is 11.8 Å². The molecule has 1 heterocycles. The SMILES string of the molecule is O=C(/C=C/c1ccc(Br)s1)NNC(=O)c1cccc(Cl)c1. The number of hydrogen-bond acceptors (Lipinski definition) is 3. The van der Waals surface area contributed by atoms with Gasteiger partial charge in [0.1, 0.15) is 0 Å². The first kappa shape index (κ1) is 15.8. The molecule has 4 nitrogen and oxygen atoms in total. The normalized spacial score (nSPS) is 10.6. The summed E-state index contributed by atoms with van der Waals surface area (Å²) in [6.45, 7) is 0. The molecular formula is C14H10BrClN2O2S. The van der Waals surface area contributed by atoms with Crippen molar-refractivity contribution in [2.75, 3.05) is 0 Å². The maximum atomic E-state index is 11.8. The highest BCUT2D eigenvalue weighted by Crippen LogP contribution is 2.22. The minimum absolute atomic E-state index is 0.369. The first-order valence-electron chi connectivity index (χ1n) is 5.84. The van der Waals surface area contributed by atoms with Crippen molar-refractivity contribution < 1.29 is 9.59 Å². The quantitative estimate of drug-likeness (QED) is 0.626. The first-order chi connectivity index (χ1) is 10.0. The number of hydrazine groups is 1. The largest absolute Gasteiger partial charge is 0.269 e. The van der Waals surface area contributed by atoms with Crippen LogP contribution in [-0.2, 0) is 4.79 Å². The van der Waals surface area contributed by atoms with Gasteiger partial charge in [-0.1, -0.05) is 17.7 Å². The van der Waals surface area contributed by atoms with Crippen molar-refractivity contribution in [1.29, 1.82) is 0 Å². The van der Waals surface area contributed by atoms with Crippen molar-refractivity contribution >= 4 is 56.8 Å². The molecule has 2 rings (SSSR count). The van der Waals surface area contributed by atoms with Crippen molar-refractivity contribution in [3.8, 4) is 0 Å². The van der Waals surface area contributed by atoms with Crippen LogP contribution < -0.4 is 10.9 Å². The molecule has 0 aliphatic heterocycles. The fourth-order valence-electron chi connectivity index (χ4n) is 1.44. The summed E-state index contributed by atoms with van der Waals surface area (Å²) in [5.41, 5.74) is 4.98. The lowest BCUT2D eigenvalue weighted by Crippen LogP contribution is -2.40. The van der Waals surface area contributed by atoms with E-state index in [9.17, 15) is 9.59 Å². The van der Waals surface area contributed by atoms with E-state index in [4.69, 9.17) is 11.6 Å². The molecule has 108 valence electrons. The number of halogens is 2. The van der Waals surface area contributed by atoms with E-state index >= 15 is 0 Å². The van der Waals surface area contributed by atoms with Gasteiger partial charge in [-0.3, -0.25) is 20.4 Å². The van der Waals surface area contributed by atoms with Crippen molar-refractivity contribution in [1.82, 2.24) is 10.9 Å². The molecule has 2 amide bonds. The molecular weight excluding hydrogens is 376 g/mol. The van der Waals surface area contributed by atoms with Gasteiger partial charge in [0.25, 0.3) is 11.8 Å². The Kier molecular flexibility index (Phi) is 5.55. The van der Waals surface area contributed by atoms with Crippen LogP contribution >= 0.6 is 38.9 Å². The lowest BCUT2D eigenvalue weighted by Gasteiger charge is -2.05. The van der Waals surface area contributed by atoms with Gasteiger partial charge in [-0.25, -0.2) is 0 Å². The third-order valence-corrected chi connectivity index (χ3v) is 4.20. The minimum atomic E-state index is -0.432. The van der Waals surface area contributed by atoms with Crippen LogP contribution in [0.3, 0.4) is 0 Å². The molecule has 0 fully saturated rings. The number of nitrogens with one attached hydrogen (secondary N) is 2. The molecule has 0 aliphatic rings. The molecule has 1 aromatic carbocycles. The molecule has 0 saturated carbocycles. The van der Waals surface area contributed by atoms with Crippen molar-refractivity contribution in [3.05, 3.63) is 61.7 Å². The number of carbonyl (C=O) groups excluding carboxylic acids is 2. The average Bonchev–Trinajstić information content (AvgIpc) is 2.88. The highest BCUT2D eigenvalue weighted by Gasteiger charge is 2.06. The Hall–Kier alpha value is -1.63. The van der Waals surface area contributed by atoms with Crippen molar-refractivity contribution in [3.63, 3.8) is 0 Å². The van der Waals surface area contributed by atoms with E-state index in [0.29, 0.717) is 10.6 Å². The molecule has 0 spiro atoms. The highest BCUT2D eigenvalue weighted by atomic mass is 79.9. The average molecular weight is 386 g/mol. The van der Waals surface area contributed by atoms with E-state index in [0.717, 1.165) is 8.66 Å².